The number of hydrogen-bond donors (Lipinski definition) is 3. The highest BCUT2D eigenvalue weighted by atomic mass is 16.3. The van der Waals surface area contributed by atoms with Gasteiger partial charge in [-0.15, -0.1) is 0 Å². The van der Waals surface area contributed by atoms with Crippen LogP contribution in [0.5, 0.6) is 0 Å². The largest absolute Gasteiger partial charge is 0.399 e. The standard InChI is InChI=1S/C16H24N2O2/c1-3-13(4-2)15(19)11-18-16(20)9-8-12-6-5-7-14(17)10-12/h5-10,13,15,19H,3-4,11,17H2,1-2H3,(H,18,20)/b9-8+. The molecule has 0 radical (unpaired) electrons. The molecule has 4 nitrogen and oxygen atoms in total. The monoisotopic (exact) mass is 276 g/mol. The summed E-state index contributed by atoms with van der Waals surface area (Å²) in [5, 5.41) is 12.6. The molecule has 0 bridgehead atoms. The number of carbonyl (C=O) groups excluding carboxylic acids is 1. The molecule has 4 N–H and O–H groups in total. The molecule has 0 heterocycles. The van der Waals surface area contributed by atoms with E-state index in [2.05, 4.69) is 5.32 Å². The average molecular weight is 276 g/mol. The van der Waals surface area contributed by atoms with Gasteiger partial charge in [0.05, 0.1) is 6.10 Å². The molecule has 1 aromatic carbocycles. The Kier molecular flexibility index (Phi) is 6.81. The Hall–Kier alpha value is -1.81. The van der Waals surface area contributed by atoms with Crippen molar-refractivity contribution in [2.45, 2.75) is 32.8 Å². The minimum Gasteiger partial charge on any atom is -0.399 e. The van der Waals surface area contributed by atoms with E-state index in [1.165, 1.54) is 6.08 Å². The van der Waals surface area contributed by atoms with Gasteiger partial charge in [-0.05, 0) is 29.7 Å². The second kappa shape index (κ2) is 8.38. The minimum atomic E-state index is -0.491. The smallest absolute Gasteiger partial charge is 0.244 e. The molecule has 110 valence electrons. The van der Waals surface area contributed by atoms with Crippen LogP contribution in [0, 0.1) is 5.92 Å². The van der Waals surface area contributed by atoms with Crippen molar-refractivity contribution < 1.29 is 9.90 Å². The van der Waals surface area contributed by atoms with Gasteiger partial charge in [0, 0.05) is 18.3 Å². The van der Waals surface area contributed by atoms with Gasteiger partial charge in [0.2, 0.25) is 5.91 Å². The molecule has 4 heteroatoms. The SMILES string of the molecule is CCC(CC)C(O)CNC(=O)/C=C/c1cccc(N)c1. The lowest BCUT2D eigenvalue weighted by Crippen LogP contribution is -2.35. The molecule has 0 fully saturated rings. The van der Waals surface area contributed by atoms with E-state index in [0.717, 1.165) is 18.4 Å². The van der Waals surface area contributed by atoms with Gasteiger partial charge in [-0.3, -0.25) is 4.79 Å². The summed E-state index contributed by atoms with van der Waals surface area (Å²) < 4.78 is 0. The van der Waals surface area contributed by atoms with E-state index < -0.39 is 6.10 Å². The molecular weight excluding hydrogens is 252 g/mol. The number of nitrogens with two attached hydrogens (primary N) is 1. The van der Waals surface area contributed by atoms with Crippen LogP contribution in [0.3, 0.4) is 0 Å². The summed E-state index contributed by atoms with van der Waals surface area (Å²) in [4.78, 5) is 11.7. The predicted molar refractivity (Wildman–Crippen MR) is 83.0 cm³/mol. The Bertz CT molecular complexity index is 454. The van der Waals surface area contributed by atoms with Crippen molar-refractivity contribution in [2.24, 2.45) is 5.92 Å². The van der Waals surface area contributed by atoms with Crippen LogP contribution in [0.15, 0.2) is 30.3 Å². The van der Waals surface area contributed by atoms with Crippen molar-refractivity contribution in [1.82, 2.24) is 5.32 Å². The van der Waals surface area contributed by atoms with E-state index >= 15 is 0 Å². The Morgan fingerprint density at radius 2 is 2.10 bits per heavy atom. The third-order valence-electron chi connectivity index (χ3n) is 3.42. The first-order valence-corrected chi connectivity index (χ1v) is 7.06. The van der Waals surface area contributed by atoms with Crippen LogP contribution in [0.1, 0.15) is 32.3 Å². The number of anilines is 1. The zero-order chi connectivity index (χ0) is 15.0. The molecular formula is C16H24N2O2. The van der Waals surface area contributed by atoms with E-state index in [1.807, 2.05) is 26.0 Å². The summed E-state index contributed by atoms with van der Waals surface area (Å²) in [5.41, 5.74) is 7.20. The van der Waals surface area contributed by atoms with Crippen LogP contribution < -0.4 is 11.1 Å². The van der Waals surface area contributed by atoms with Crippen LogP contribution in [-0.2, 0) is 4.79 Å². The van der Waals surface area contributed by atoms with E-state index in [-0.39, 0.29) is 18.4 Å². The molecule has 0 aliphatic carbocycles. The number of nitrogens with one attached hydrogen (secondary N) is 1. The fraction of sp³-hybridized carbons (Fsp3) is 0.438. The van der Waals surface area contributed by atoms with Crippen LogP contribution in [-0.4, -0.2) is 23.7 Å². The molecule has 0 saturated heterocycles. The lowest BCUT2D eigenvalue weighted by molar-refractivity contribution is -0.117. The molecule has 0 aliphatic heterocycles. The van der Waals surface area contributed by atoms with Crippen LogP contribution in [0.4, 0.5) is 5.69 Å². The number of benzene rings is 1. The number of carbonyl (C=O) groups is 1. The van der Waals surface area contributed by atoms with Crippen LogP contribution >= 0.6 is 0 Å². The van der Waals surface area contributed by atoms with Crippen LogP contribution in [0.2, 0.25) is 0 Å². The van der Waals surface area contributed by atoms with Gasteiger partial charge >= 0.3 is 0 Å². The highest BCUT2D eigenvalue weighted by molar-refractivity contribution is 5.91. The van der Waals surface area contributed by atoms with Crippen molar-refractivity contribution in [3.8, 4) is 0 Å². The van der Waals surface area contributed by atoms with Crippen molar-refractivity contribution in [3.63, 3.8) is 0 Å². The molecule has 1 aromatic rings. The first-order chi connectivity index (χ1) is 9.56. The fourth-order valence-electron chi connectivity index (χ4n) is 2.10. The second-order valence-corrected chi connectivity index (χ2v) is 4.89. The highest BCUT2D eigenvalue weighted by Crippen LogP contribution is 2.12. The van der Waals surface area contributed by atoms with Gasteiger partial charge in [-0.25, -0.2) is 0 Å². The molecule has 1 unspecified atom stereocenters. The van der Waals surface area contributed by atoms with Crippen LogP contribution in [0.25, 0.3) is 6.08 Å². The van der Waals surface area contributed by atoms with E-state index in [9.17, 15) is 9.90 Å². The number of aliphatic hydroxyl groups is 1. The maximum atomic E-state index is 11.7. The second-order valence-electron chi connectivity index (χ2n) is 4.89. The maximum absolute atomic E-state index is 11.7. The summed E-state index contributed by atoms with van der Waals surface area (Å²) >= 11 is 0. The first-order valence-electron chi connectivity index (χ1n) is 7.06. The summed E-state index contributed by atoms with van der Waals surface area (Å²) in [6.07, 6.45) is 4.48. The zero-order valence-electron chi connectivity index (χ0n) is 12.2. The molecule has 0 spiro atoms. The topological polar surface area (TPSA) is 75.3 Å². The number of rotatable bonds is 7. The first kappa shape index (κ1) is 16.2. The van der Waals surface area contributed by atoms with Gasteiger partial charge in [0.15, 0.2) is 0 Å². The Morgan fingerprint density at radius 3 is 2.70 bits per heavy atom. The normalized spacial score (nSPS) is 12.8. The van der Waals surface area contributed by atoms with Gasteiger partial charge in [-0.1, -0.05) is 38.8 Å². The Balaban J connectivity index is 2.44. The third kappa shape index (κ3) is 5.45. The third-order valence-corrected chi connectivity index (χ3v) is 3.42. The van der Waals surface area contributed by atoms with Gasteiger partial charge in [0.1, 0.15) is 0 Å². The van der Waals surface area contributed by atoms with Crippen molar-refractivity contribution in [1.29, 1.82) is 0 Å². The van der Waals surface area contributed by atoms with E-state index in [0.29, 0.717) is 5.69 Å². The average Bonchev–Trinajstić information content (AvgIpc) is 2.44. The number of amides is 1. The Morgan fingerprint density at radius 1 is 1.40 bits per heavy atom. The predicted octanol–water partition coefficient (Wildman–Crippen LogP) is 2.20. The lowest BCUT2D eigenvalue weighted by atomic mass is 9.96. The highest BCUT2D eigenvalue weighted by Gasteiger charge is 2.15. The summed E-state index contributed by atoms with van der Waals surface area (Å²) in [6.45, 7) is 4.37. The number of nitrogen functional groups attached to an aromatic ring is 1. The fourth-order valence-corrected chi connectivity index (χ4v) is 2.10. The summed E-state index contributed by atoms with van der Waals surface area (Å²) in [7, 11) is 0. The molecule has 20 heavy (non-hydrogen) atoms. The zero-order valence-corrected chi connectivity index (χ0v) is 12.2. The van der Waals surface area contributed by atoms with E-state index in [4.69, 9.17) is 5.73 Å². The maximum Gasteiger partial charge on any atom is 0.244 e. The number of hydrogen-bond acceptors (Lipinski definition) is 3. The van der Waals surface area contributed by atoms with Gasteiger partial charge in [-0.2, -0.15) is 0 Å². The lowest BCUT2D eigenvalue weighted by Gasteiger charge is -2.19. The molecule has 0 aliphatic rings. The van der Waals surface area contributed by atoms with Crippen molar-refractivity contribution >= 4 is 17.7 Å². The number of aliphatic hydroxyl groups excluding tert-OH is 1. The van der Waals surface area contributed by atoms with Crippen molar-refractivity contribution in [3.05, 3.63) is 35.9 Å². The molecule has 1 rings (SSSR count). The van der Waals surface area contributed by atoms with Gasteiger partial charge in [0.25, 0.3) is 0 Å². The van der Waals surface area contributed by atoms with Crippen molar-refractivity contribution in [2.75, 3.05) is 12.3 Å². The molecule has 0 saturated carbocycles. The summed E-state index contributed by atoms with van der Waals surface area (Å²) in [6, 6.07) is 7.30. The molecule has 1 amide bonds. The Labute approximate surface area is 120 Å². The quantitative estimate of drug-likeness (QED) is 0.528. The van der Waals surface area contributed by atoms with Gasteiger partial charge < -0.3 is 16.2 Å². The minimum absolute atomic E-state index is 0.211. The van der Waals surface area contributed by atoms with E-state index in [1.54, 1.807) is 18.2 Å². The molecule has 1 atom stereocenters. The summed E-state index contributed by atoms with van der Waals surface area (Å²) in [5.74, 6) is 0.0191. The molecule has 0 aromatic heterocycles.